The molecule has 0 unspecified atom stereocenters. The average molecular weight is 330 g/mol. The lowest BCUT2D eigenvalue weighted by atomic mass is 9.79. The lowest BCUT2D eigenvalue weighted by Crippen LogP contribution is -2.40. The minimum absolute atomic E-state index is 0.0270. The summed E-state index contributed by atoms with van der Waals surface area (Å²) in [7, 11) is 0. The molecule has 4 nitrogen and oxygen atoms in total. The molecule has 2 N–H and O–H groups in total. The molecule has 1 fully saturated rings. The van der Waals surface area contributed by atoms with E-state index in [1.54, 1.807) is 0 Å². The first kappa shape index (κ1) is 12.0. The van der Waals surface area contributed by atoms with Crippen LogP contribution in [0.25, 0.3) is 0 Å². The highest BCUT2D eigenvalue weighted by molar-refractivity contribution is 9.12. The number of carbonyl (C=O) groups is 2. The van der Waals surface area contributed by atoms with Crippen molar-refractivity contribution >= 4 is 43.8 Å². The molecule has 1 aliphatic rings. The van der Waals surface area contributed by atoms with Crippen LogP contribution in [0.5, 0.6) is 0 Å². The number of halogens is 2. The molecule has 0 aromatic carbocycles. The van der Waals surface area contributed by atoms with Crippen LogP contribution in [0.4, 0.5) is 0 Å². The van der Waals surface area contributed by atoms with E-state index < -0.39 is 23.8 Å². The number of rotatable bonds is 2. The van der Waals surface area contributed by atoms with Crippen LogP contribution in [0, 0.1) is 11.8 Å². The summed E-state index contributed by atoms with van der Waals surface area (Å²) in [5.74, 6) is -3.63. The van der Waals surface area contributed by atoms with Crippen molar-refractivity contribution in [2.75, 3.05) is 0 Å². The van der Waals surface area contributed by atoms with E-state index in [1.165, 1.54) is 0 Å². The van der Waals surface area contributed by atoms with Gasteiger partial charge < -0.3 is 10.2 Å². The first-order valence-corrected chi connectivity index (χ1v) is 6.00. The van der Waals surface area contributed by atoms with Gasteiger partial charge in [0.1, 0.15) is 0 Å². The second kappa shape index (κ2) is 4.61. The zero-order chi connectivity index (χ0) is 10.9. The van der Waals surface area contributed by atoms with E-state index in [1.807, 2.05) is 0 Å². The molecule has 4 atom stereocenters. The Labute approximate surface area is 97.9 Å². The Kier molecular flexibility index (Phi) is 3.94. The van der Waals surface area contributed by atoms with Gasteiger partial charge in [-0.15, -0.1) is 0 Å². The fraction of sp³-hybridized carbons (Fsp3) is 0.750. The minimum atomic E-state index is -1.03. The van der Waals surface area contributed by atoms with Crippen molar-refractivity contribution in [2.45, 2.75) is 22.5 Å². The molecule has 1 rings (SSSR count). The molecule has 1 aliphatic carbocycles. The van der Waals surface area contributed by atoms with E-state index in [2.05, 4.69) is 31.9 Å². The van der Waals surface area contributed by atoms with Crippen LogP contribution >= 0.6 is 31.9 Å². The second-order valence-corrected chi connectivity index (χ2v) is 5.75. The maximum atomic E-state index is 10.8. The average Bonchev–Trinajstić information content (AvgIpc) is 2.08. The summed E-state index contributed by atoms with van der Waals surface area (Å²) in [6.45, 7) is 0. The van der Waals surface area contributed by atoms with Gasteiger partial charge in [0, 0.05) is 9.65 Å². The molecule has 0 radical (unpaired) electrons. The SMILES string of the molecule is O=C(O)[C@H]1C[C@@H](Br)[C@H](Br)C[C@H]1C(=O)O. The van der Waals surface area contributed by atoms with E-state index >= 15 is 0 Å². The Morgan fingerprint density at radius 3 is 1.43 bits per heavy atom. The molecule has 80 valence electrons. The Bertz CT molecular complexity index is 230. The number of hydrogen-bond acceptors (Lipinski definition) is 2. The second-order valence-electron chi connectivity index (χ2n) is 3.39. The Balaban J connectivity index is 2.80. The topological polar surface area (TPSA) is 74.6 Å². The van der Waals surface area contributed by atoms with Gasteiger partial charge >= 0.3 is 11.9 Å². The van der Waals surface area contributed by atoms with Crippen LogP contribution < -0.4 is 0 Å². The molecule has 14 heavy (non-hydrogen) atoms. The molecule has 0 amide bonds. The summed E-state index contributed by atoms with van der Waals surface area (Å²) in [5.41, 5.74) is 0. The maximum Gasteiger partial charge on any atom is 0.307 e. The molecule has 0 aliphatic heterocycles. The van der Waals surface area contributed by atoms with Crippen molar-refractivity contribution < 1.29 is 19.8 Å². The lowest BCUT2D eigenvalue weighted by Gasteiger charge is -2.32. The molecule has 0 aromatic heterocycles. The third kappa shape index (κ3) is 2.48. The van der Waals surface area contributed by atoms with Crippen molar-refractivity contribution in [3.05, 3.63) is 0 Å². The molecular weight excluding hydrogens is 320 g/mol. The van der Waals surface area contributed by atoms with E-state index in [-0.39, 0.29) is 9.65 Å². The minimum Gasteiger partial charge on any atom is -0.481 e. The van der Waals surface area contributed by atoms with Gasteiger partial charge in [0.2, 0.25) is 0 Å². The van der Waals surface area contributed by atoms with Crippen molar-refractivity contribution in [3.8, 4) is 0 Å². The van der Waals surface area contributed by atoms with Crippen molar-refractivity contribution in [1.82, 2.24) is 0 Å². The number of alkyl halides is 2. The molecule has 0 aromatic rings. The van der Waals surface area contributed by atoms with E-state index in [0.29, 0.717) is 12.8 Å². The van der Waals surface area contributed by atoms with Gasteiger partial charge in [-0.05, 0) is 12.8 Å². The summed E-state index contributed by atoms with van der Waals surface area (Å²) in [4.78, 5) is 21.7. The van der Waals surface area contributed by atoms with Gasteiger partial charge in [-0.3, -0.25) is 9.59 Å². The van der Waals surface area contributed by atoms with E-state index in [9.17, 15) is 9.59 Å². The summed E-state index contributed by atoms with van der Waals surface area (Å²) in [6, 6.07) is 0. The monoisotopic (exact) mass is 328 g/mol. The van der Waals surface area contributed by atoms with Crippen molar-refractivity contribution in [2.24, 2.45) is 11.8 Å². The van der Waals surface area contributed by atoms with E-state index in [0.717, 1.165) is 0 Å². The third-order valence-corrected chi connectivity index (χ3v) is 5.20. The maximum absolute atomic E-state index is 10.8. The van der Waals surface area contributed by atoms with Crippen LogP contribution in [0.3, 0.4) is 0 Å². The van der Waals surface area contributed by atoms with Crippen LogP contribution in [0.2, 0.25) is 0 Å². The third-order valence-electron chi connectivity index (χ3n) is 2.47. The fourth-order valence-corrected chi connectivity index (χ4v) is 2.89. The largest absolute Gasteiger partial charge is 0.481 e. The molecule has 1 saturated carbocycles. The summed E-state index contributed by atoms with van der Waals surface area (Å²) in [5, 5.41) is 17.7. The molecule has 0 saturated heterocycles. The van der Waals surface area contributed by atoms with Crippen molar-refractivity contribution in [3.63, 3.8) is 0 Å². The van der Waals surface area contributed by atoms with Gasteiger partial charge in [0.25, 0.3) is 0 Å². The highest BCUT2D eigenvalue weighted by Gasteiger charge is 2.42. The van der Waals surface area contributed by atoms with Crippen LogP contribution in [0.15, 0.2) is 0 Å². The van der Waals surface area contributed by atoms with Gasteiger partial charge in [-0.25, -0.2) is 0 Å². The number of carboxylic acid groups (broad SMARTS) is 2. The first-order chi connectivity index (χ1) is 6.43. The van der Waals surface area contributed by atoms with Crippen LogP contribution in [0.1, 0.15) is 12.8 Å². The summed E-state index contributed by atoms with van der Waals surface area (Å²) in [6.07, 6.45) is 0.699. The number of hydrogen-bond donors (Lipinski definition) is 2. The smallest absolute Gasteiger partial charge is 0.307 e. The Morgan fingerprint density at radius 2 is 1.21 bits per heavy atom. The highest BCUT2D eigenvalue weighted by atomic mass is 79.9. The van der Waals surface area contributed by atoms with Crippen LogP contribution in [-0.4, -0.2) is 31.8 Å². The standard InChI is InChI=1S/C8H10Br2O4/c9-5-1-3(7(11)12)4(8(13)14)2-6(5)10/h3-6H,1-2H2,(H,11,12)(H,13,14)/t3-,4+,5-,6-/m1/s1. The lowest BCUT2D eigenvalue weighted by molar-refractivity contribution is -0.155. The highest BCUT2D eigenvalue weighted by Crippen LogP contribution is 2.37. The molecule has 0 bridgehead atoms. The van der Waals surface area contributed by atoms with Gasteiger partial charge in [0.05, 0.1) is 11.8 Å². The zero-order valence-corrected chi connectivity index (χ0v) is 10.4. The first-order valence-electron chi connectivity index (χ1n) is 4.17. The van der Waals surface area contributed by atoms with Gasteiger partial charge in [-0.1, -0.05) is 31.9 Å². The Morgan fingerprint density at radius 1 is 0.929 bits per heavy atom. The summed E-state index contributed by atoms with van der Waals surface area (Å²) >= 11 is 6.67. The molecular formula is C8H10Br2O4. The predicted octanol–water partition coefficient (Wildman–Crippen LogP) is 1.71. The Hall–Kier alpha value is -0.100. The number of aliphatic carboxylic acids is 2. The van der Waals surface area contributed by atoms with Crippen LogP contribution in [-0.2, 0) is 9.59 Å². The van der Waals surface area contributed by atoms with Crippen molar-refractivity contribution in [1.29, 1.82) is 0 Å². The van der Waals surface area contributed by atoms with E-state index in [4.69, 9.17) is 10.2 Å². The zero-order valence-electron chi connectivity index (χ0n) is 7.19. The normalized spacial score (nSPS) is 37.9. The van der Waals surface area contributed by atoms with Gasteiger partial charge in [0.15, 0.2) is 0 Å². The molecule has 6 heteroatoms. The summed E-state index contributed by atoms with van der Waals surface area (Å²) < 4.78 is 0. The quantitative estimate of drug-likeness (QED) is 0.756. The van der Waals surface area contributed by atoms with Gasteiger partial charge in [-0.2, -0.15) is 0 Å². The number of carboxylic acids is 2. The predicted molar refractivity (Wildman–Crippen MR) is 56.9 cm³/mol. The molecule has 0 heterocycles. The molecule has 0 spiro atoms. The fourth-order valence-electron chi connectivity index (χ4n) is 1.65.